The summed E-state index contributed by atoms with van der Waals surface area (Å²) in [5.74, 6) is -0.803. The molecule has 0 aliphatic rings. The Morgan fingerprint density at radius 1 is 0.564 bits per heavy atom. The summed E-state index contributed by atoms with van der Waals surface area (Å²) in [6, 6.07) is 0. The molecule has 0 amide bonds. The molecule has 0 rings (SSSR count). The number of nitrogens with zero attached hydrogens (tertiary/aromatic N) is 1. The standard InChI is InChI=1S/C45H86NO8P/c1-5-7-9-11-13-15-17-19-21-22-24-25-27-29-31-33-35-37-44(47)51-41-43(42-53-55(49,50)52-40-39-46(3)4)54-45(48)38-36-34-32-30-28-26-23-20-18-16-14-12-10-8-6-2/h13,15,19,21,43H,5-12,14,16-18,20,22-42H2,1-4H3,(H,49,50)/b15-13-,21-19-. The highest BCUT2D eigenvalue weighted by molar-refractivity contribution is 7.47. The van der Waals surface area contributed by atoms with Crippen molar-refractivity contribution in [2.24, 2.45) is 0 Å². The lowest BCUT2D eigenvalue weighted by Crippen LogP contribution is -2.29. The second-order valence-electron chi connectivity index (χ2n) is 15.6. The first-order valence-corrected chi connectivity index (χ1v) is 24.1. The minimum atomic E-state index is -4.36. The van der Waals surface area contributed by atoms with E-state index in [9.17, 15) is 19.0 Å². The Balaban J connectivity index is 4.26. The molecule has 9 nitrogen and oxygen atoms in total. The SMILES string of the molecule is CCCCC/C=C\C/C=C\CCCCCCCCCC(=O)OCC(COP(=O)(O)OCCN(C)C)OC(=O)CCCCCCCCCCCCCCCCC. The molecule has 0 saturated carbocycles. The molecule has 1 N–H and O–H groups in total. The molecule has 0 aromatic heterocycles. The molecule has 0 aromatic carbocycles. The summed E-state index contributed by atoms with van der Waals surface area (Å²) in [4.78, 5) is 37.1. The van der Waals surface area contributed by atoms with E-state index in [0.29, 0.717) is 13.0 Å². The van der Waals surface area contributed by atoms with Crippen molar-refractivity contribution >= 4 is 19.8 Å². The normalized spacial score (nSPS) is 13.6. The number of unbranched alkanes of at least 4 members (excludes halogenated alkanes) is 24. The number of esters is 2. The zero-order valence-corrected chi connectivity index (χ0v) is 37.0. The van der Waals surface area contributed by atoms with Crippen molar-refractivity contribution in [3.63, 3.8) is 0 Å². The Morgan fingerprint density at radius 3 is 1.47 bits per heavy atom. The summed E-state index contributed by atoms with van der Waals surface area (Å²) in [5, 5.41) is 0. The first-order chi connectivity index (χ1) is 26.7. The highest BCUT2D eigenvalue weighted by Crippen LogP contribution is 2.43. The molecule has 0 aliphatic heterocycles. The van der Waals surface area contributed by atoms with Crippen molar-refractivity contribution < 1.29 is 37.6 Å². The average molecular weight is 800 g/mol. The zero-order valence-electron chi connectivity index (χ0n) is 36.1. The molecule has 324 valence electrons. The van der Waals surface area contributed by atoms with Crippen LogP contribution in [0.5, 0.6) is 0 Å². The average Bonchev–Trinajstić information content (AvgIpc) is 3.15. The first-order valence-electron chi connectivity index (χ1n) is 22.6. The lowest BCUT2D eigenvalue weighted by molar-refractivity contribution is -0.161. The molecule has 55 heavy (non-hydrogen) atoms. The number of rotatable bonds is 42. The van der Waals surface area contributed by atoms with Crippen LogP contribution >= 0.6 is 7.82 Å². The van der Waals surface area contributed by atoms with Crippen molar-refractivity contribution in [1.29, 1.82) is 0 Å². The lowest BCUT2D eigenvalue weighted by atomic mass is 10.0. The molecule has 0 spiro atoms. The Morgan fingerprint density at radius 2 is 0.982 bits per heavy atom. The topological polar surface area (TPSA) is 112 Å². The van der Waals surface area contributed by atoms with Gasteiger partial charge in [-0.2, -0.15) is 0 Å². The number of allylic oxidation sites excluding steroid dienone is 4. The number of carbonyl (C=O) groups excluding carboxylic acids is 2. The van der Waals surface area contributed by atoms with E-state index in [1.165, 1.54) is 122 Å². The van der Waals surface area contributed by atoms with E-state index < -0.39 is 26.5 Å². The van der Waals surface area contributed by atoms with Crippen LogP contribution in [0.2, 0.25) is 0 Å². The van der Waals surface area contributed by atoms with Gasteiger partial charge in [-0.25, -0.2) is 4.57 Å². The van der Waals surface area contributed by atoms with E-state index >= 15 is 0 Å². The third-order valence-corrected chi connectivity index (χ3v) is 10.7. The van der Waals surface area contributed by atoms with Crippen LogP contribution in [-0.4, -0.2) is 68.3 Å². The van der Waals surface area contributed by atoms with E-state index in [0.717, 1.165) is 51.4 Å². The van der Waals surface area contributed by atoms with Gasteiger partial charge in [0.25, 0.3) is 0 Å². The molecule has 0 aromatic rings. The third-order valence-electron chi connectivity index (χ3n) is 9.76. The smallest absolute Gasteiger partial charge is 0.462 e. The van der Waals surface area contributed by atoms with Crippen molar-refractivity contribution in [1.82, 2.24) is 4.90 Å². The van der Waals surface area contributed by atoms with E-state index in [1.54, 1.807) is 0 Å². The predicted molar refractivity (Wildman–Crippen MR) is 229 cm³/mol. The van der Waals surface area contributed by atoms with Crippen LogP contribution in [0.25, 0.3) is 0 Å². The second kappa shape index (κ2) is 40.7. The fraction of sp³-hybridized carbons (Fsp3) is 0.867. The number of hydrogen-bond donors (Lipinski definition) is 1. The van der Waals surface area contributed by atoms with Gasteiger partial charge in [0.1, 0.15) is 6.61 Å². The van der Waals surface area contributed by atoms with Gasteiger partial charge in [-0.1, -0.05) is 173 Å². The Labute approximate surface area is 338 Å². The monoisotopic (exact) mass is 800 g/mol. The lowest BCUT2D eigenvalue weighted by Gasteiger charge is -2.20. The Bertz CT molecular complexity index is 973. The molecular formula is C45H86NO8P. The van der Waals surface area contributed by atoms with Gasteiger partial charge in [0.15, 0.2) is 6.10 Å². The molecule has 2 unspecified atom stereocenters. The van der Waals surface area contributed by atoms with E-state index in [1.807, 2.05) is 19.0 Å². The van der Waals surface area contributed by atoms with Crippen LogP contribution in [0.3, 0.4) is 0 Å². The van der Waals surface area contributed by atoms with Crippen LogP contribution in [0, 0.1) is 0 Å². The first kappa shape index (κ1) is 53.5. The van der Waals surface area contributed by atoms with Gasteiger partial charge >= 0.3 is 19.8 Å². The van der Waals surface area contributed by atoms with Crippen molar-refractivity contribution in [2.75, 3.05) is 40.5 Å². The molecular weight excluding hydrogens is 713 g/mol. The molecule has 0 bridgehead atoms. The van der Waals surface area contributed by atoms with Gasteiger partial charge in [-0.15, -0.1) is 0 Å². The maximum Gasteiger partial charge on any atom is 0.472 e. The van der Waals surface area contributed by atoms with Crippen molar-refractivity contribution in [2.45, 2.75) is 213 Å². The second-order valence-corrected chi connectivity index (χ2v) is 17.0. The van der Waals surface area contributed by atoms with E-state index in [2.05, 4.69) is 38.2 Å². The fourth-order valence-electron chi connectivity index (χ4n) is 6.25. The van der Waals surface area contributed by atoms with Crippen LogP contribution in [-0.2, 0) is 32.7 Å². The van der Waals surface area contributed by atoms with E-state index in [-0.39, 0.29) is 32.0 Å². The molecule has 0 radical (unpaired) electrons. The Hall–Kier alpha value is -1.51. The van der Waals surface area contributed by atoms with Gasteiger partial charge in [-0.05, 0) is 59.0 Å². The maximum atomic E-state index is 12.7. The minimum Gasteiger partial charge on any atom is -0.462 e. The number of ether oxygens (including phenoxy) is 2. The van der Waals surface area contributed by atoms with Gasteiger partial charge in [0.2, 0.25) is 0 Å². The number of hydrogen-bond acceptors (Lipinski definition) is 8. The van der Waals surface area contributed by atoms with Gasteiger partial charge < -0.3 is 19.3 Å². The molecule has 0 fully saturated rings. The molecule has 10 heteroatoms. The number of likely N-dealkylation sites (N-methyl/N-ethyl adjacent to an activating group) is 1. The highest BCUT2D eigenvalue weighted by Gasteiger charge is 2.26. The molecule has 0 aliphatic carbocycles. The molecule has 0 saturated heterocycles. The number of carbonyl (C=O) groups is 2. The fourth-order valence-corrected chi connectivity index (χ4v) is 6.99. The summed E-state index contributed by atoms with van der Waals surface area (Å²) in [6.07, 6.45) is 42.1. The van der Waals surface area contributed by atoms with Crippen molar-refractivity contribution in [3.05, 3.63) is 24.3 Å². The highest BCUT2D eigenvalue weighted by atomic mass is 31.2. The maximum absolute atomic E-state index is 12.7. The van der Waals surface area contributed by atoms with E-state index in [4.69, 9.17) is 18.5 Å². The minimum absolute atomic E-state index is 0.00805. The van der Waals surface area contributed by atoms with Crippen LogP contribution < -0.4 is 0 Å². The quantitative estimate of drug-likeness (QED) is 0.0279. The zero-order chi connectivity index (χ0) is 40.5. The van der Waals surface area contributed by atoms with Gasteiger partial charge in [0, 0.05) is 19.4 Å². The third kappa shape index (κ3) is 41.9. The van der Waals surface area contributed by atoms with Gasteiger partial charge in [0.05, 0.1) is 13.2 Å². The van der Waals surface area contributed by atoms with Crippen LogP contribution in [0.15, 0.2) is 24.3 Å². The number of phosphoric ester groups is 1. The van der Waals surface area contributed by atoms with Crippen LogP contribution in [0.4, 0.5) is 0 Å². The Kier molecular flexibility index (Phi) is 39.6. The molecule has 2 atom stereocenters. The summed E-state index contributed by atoms with van der Waals surface area (Å²) >= 11 is 0. The van der Waals surface area contributed by atoms with Gasteiger partial charge in [-0.3, -0.25) is 18.6 Å². The summed E-state index contributed by atoms with van der Waals surface area (Å²) in [6.45, 7) is 4.31. The largest absolute Gasteiger partial charge is 0.472 e. The summed E-state index contributed by atoms with van der Waals surface area (Å²) in [7, 11) is -0.709. The summed E-state index contributed by atoms with van der Waals surface area (Å²) in [5.41, 5.74) is 0. The van der Waals surface area contributed by atoms with Crippen molar-refractivity contribution in [3.8, 4) is 0 Å². The molecule has 0 heterocycles. The van der Waals surface area contributed by atoms with Crippen LogP contribution in [0.1, 0.15) is 206 Å². The predicted octanol–water partition coefficient (Wildman–Crippen LogP) is 13.0. The number of phosphoric acid groups is 1. The summed E-state index contributed by atoms with van der Waals surface area (Å²) < 4.78 is 33.5.